The van der Waals surface area contributed by atoms with Gasteiger partial charge in [-0.15, -0.1) is 11.3 Å². The number of hydrogen-bond acceptors (Lipinski definition) is 5. The van der Waals surface area contributed by atoms with Crippen LogP contribution in [0.5, 0.6) is 0 Å². The van der Waals surface area contributed by atoms with Crippen molar-refractivity contribution in [3.63, 3.8) is 0 Å². The van der Waals surface area contributed by atoms with E-state index >= 15 is 0 Å². The lowest BCUT2D eigenvalue weighted by atomic mass is 10.2. The summed E-state index contributed by atoms with van der Waals surface area (Å²) in [6.45, 7) is 2.13. The summed E-state index contributed by atoms with van der Waals surface area (Å²) in [5.74, 6) is 1.52. The lowest BCUT2D eigenvalue weighted by Gasteiger charge is -2.14. The summed E-state index contributed by atoms with van der Waals surface area (Å²) in [5, 5.41) is 11.4. The molecule has 0 aliphatic rings. The zero-order chi connectivity index (χ0) is 12.0. The van der Waals surface area contributed by atoms with Crippen molar-refractivity contribution in [1.82, 2.24) is 4.98 Å². The monoisotopic (exact) mass is 260 g/mol. The highest BCUT2D eigenvalue weighted by molar-refractivity contribution is 7.99. The van der Waals surface area contributed by atoms with E-state index in [9.17, 15) is 4.79 Å². The lowest BCUT2D eigenvalue weighted by molar-refractivity contribution is -0.115. The van der Waals surface area contributed by atoms with Crippen LogP contribution in [0.1, 0.15) is 6.92 Å². The van der Waals surface area contributed by atoms with E-state index in [1.165, 1.54) is 11.3 Å². The molecule has 0 aliphatic heterocycles. The van der Waals surface area contributed by atoms with Crippen LogP contribution >= 0.6 is 23.1 Å². The van der Waals surface area contributed by atoms with Crippen molar-refractivity contribution >= 4 is 34.1 Å². The molecule has 1 unspecified atom stereocenters. The fraction of sp³-hybridized carbons (Fsp3) is 0.600. The zero-order valence-corrected chi connectivity index (χ0v) is 11.1. The second kappa shape index (κ2) is 6.88. The highest BCUT2D eigenvalue weighted by Crippen LogP contribution is 2.17. The molecule has 0 radical (unpaired) electrons. The van der Waals surface area contributed by atoms with Crippen molar-refractivity contribution in [3.05, 3.63) is 11.6 Å². The number of amides is 1. The molecule has 1 aromatic heterocycles. The first-order valence-corrected chi connectivity index (χ1v) is 7.03. The van der Waals surface area contributed by atoms with E-state index in [1.54, 1.807) is 29.9 Å². The Bertz CT molecular complexity index is 317. The number of thioether (sulfide) groups is 1. The van der Waals surface area contributed by atoms with Crippen molar-refractivity contribution in [1.29, 1.82) is 0 Å². The Kier molecular flexibility index (Phi) is 5.79. The SMILES string of the molecule is CC(CO)CSCC(=O)N(C)c1nccs1. The number of thiazole rings is 1. The van der Waals surface area contributed by atoms with Gasteiger partial charge in [-0.1, -0.05) is 6.92 Å². The first-order valence-electron chi connectivity index (χ1n) is 4.99. The number of carbonyl (C=O) groups is 1. The summed E-state index contributed by atoms with van der Waals surface area (Å²) in [5.41, 5.74) is 0. The third-order valence-electron chi connectivity index (χ3n) is 2.02. The van der Waals surface area contributed by atoms with Gasteiger partial charge in [-0.3, -0.25) is 9.69 Å². The van der Waals surface area contributed by atoms with Crippen molar-refractivity contribution in [2.75, 3.05) is 30.1 Å². The van der Waals surface area contributed by atoms with Gasteiger partial charge in [0, 0.05) is 25.2 Å². The standard InChI is InChI=1S/C10H16N2O2S2/c1-8(5-13)6-15-7-9(14)12(2)10-11-3-4-16-10/h3-4,8,13H,5-7H2,1-2H3. The maximum atomic E-state index is 11.7. The molecular weight excluding hydrogens is 244 g/mol. The normalized spacial score (nSPS) is 12.4. The van der Waals surface area contributed by atoms with Gasteiger partial charge < -0.3 is 5.11 Å². The quantitative estimate of drug-likeness (QED) is 0.841. The van der Waals surface area contributed by atoms with Gasteiger partial charge in [0.05, 0.1) is 5.75 Å². The van der Waals surface area contributed by atoms with Gasteiger partial charge in [0.2, 0.25) is 5.91 Å². The van der Waals surface area contributed by atoms with Crippen LogP contribution < -0.4 is 4.90 Å². The summed E-state index contributed by atoms with van der Waals surface area (Å²) in [6, 6.07) is 0. The van der Waals surface area contributed by atoms with Crippen LogP contribution in [0.15, 0.2) is 11.6 Å². The summed E-state index contributed by atoms with van der Waals surface area (Å²) < 4.78 is 0. The van der Waals surface area contributed by atoms with E-state index < -0.39 is 0 Å². The fourth-order valence-electron chi connectivity index (χ4n) is 0.985. The molecule has 0 saturated heterocycles. The molecular formula is C10H16N2O2S2. The van der Waals surface area contributed by atoms with Gasteiger partial charge in [-0.25, -0.2) is 4.98 Å². The average molecular weight is 260 g/mol. The number of aromatic nitrogens is 1. The largest absolute Gasteiger partial charge is 0.396 e. The number of nitrogens with zero attached hydrogens (tertiary/aromatic N) is 2. The second-order valence-electron chi connectivity index (χ2n) is 3.57. The van der Waals surface area contributed by atoms with Gasteiger partial charge in [0.15, 0.2) is 5.13 Å². The third kappa shape index (κ3) is 4.11. The van der Waals surface area contributed by atoms with E-state index in [1.807, 2.05) is 12.3 Å². The maximum absolute atomic E-state index is 11.7. The van der Waals surface area contributed by atoms with Gasteiger partial charge in [0.25, 0.3) is 0 Å². The smallest absolute Gasteiger partial charge is 0.238 e. The molecule has 1 rings (SSSR count). The molecule has 0 aromatic carbocycles. The maximum Gasteiger partial charge on any atom is 0.238 e. The predicted molar refractivity (Wildman–Crippen MR) is 69.1 cm³/mol. The van der Waals surface area contributed by atoms with Gasteiger partial charge in [-0.05, 0) is 11.7 Å². The molecule has 0 aliphatic carbocycles. The minimum absolute atomic E-state index is 0.0464. The highest BCUT2D eigenvalue weighted by atomic mass is 32.2. The second-order valence-corrected chi connectivity index (χ2v) is 5.47. The van der Waals surface area contributed by atoms with E-state index in [0.717, 1.165) is 10.9 Å². The predicted octanol–water partition coefficient (Wildman–Crippen LogP) is 1.47. The number of hydrogen-bond donors (Lipinski definition) is 1. The molecule has 0 saturated carbocycles. The molecule has 4 nitrogen and oxygen atoms in total. The molecule has 1 amide bonds. The number of rotatable bonds is 6. The van der Waals surface area contributed by atoms with E-state index in [4.69, 9.17) is 5.11 Å². The fourth-order valence-corrected chi connectivity index (χ4v) is 2.60. The molecule has 16 heavy (non-hydrogen) atoms. The number of carbonyl (C=O) groups excluding carboxylic acids is 1. The van der Waals surface area contributed by atoms with Crippen molar-refractivity contribution in [3.8, 4) is 0 Å². The molecule has 90 valence electrons. The van der Waals surface area contributed by atoms with Gasteiger partial charge >= 0.3 is 0 Å². The van der Waals surface area contributed by atoms with Crippen LogP contribution in [-0.4, -0.2) is 41.2 Å². The lowest BCUT2D eigenvalue weighted by Crippen LogP contribution is -2.28. The molecule has 0 bridgehead atoms. The van der Waals surface area contributed by atoms with E-state index in [0.29, 0.717) is 5.75 Å². The van der Waals surface area contributed by atoms with Crippen LogP contribution in [-0.2, 0) is 4.79 Å². The minimum atomic E-state index is 0.0464. The van der Waals surface area contributed by atoms with E-state index in [2.05, 4.69) is 4.98 Å². The molecule has 1 N–H and O–H groups in total. The Labute approximate surface area is 104 Å². The summed E-state index contributed by atoms with van der Waals surface area (Å²) in [4.78, 5) is 17.4. The Balaban J connectivity index is 2.30. The molecule has 0 spiro atoms. The first kappa shape index (κ1) is 13.5. The average Bonchev–Trinajstić information content (AvgIpc) is 2.81. The highest BCUT2D eigenvalue weighted by Gasteiger charge is 2.13. The third-order valence-corrected chi connectivity index (χ3v) is 4.12. The molecule has 1 aromatic rings. The van der Waals surface area contributed by atoms with Crippen LogP contribution in [0.3, 0.4) is 0 Å². The molecule has 0 fully saturated rings. The van der Waals surface area contributed by atoms with Gasteiger partial charge in [0.1, 0.15) is 0 Å². The Morgan fingerprint density at radius 2 is 2.50 bits per heavy atom. The zero-order valence-electron chi connectivity index (χ0n) is 9.42. The Morgan fingerprint density at radius 3 is 3.06 bits per heavy atom. The van der Waals surface area contributed by atoms with Crippen molar-refractivity contribution in [2.24, 2.45) is 5.92 Å². The number of aliphatic hydroxyl groups excluding tert-OH is 1. The number of anilines is 1. The van der Waals surface area contributed by atoms with Crippen LogP contribution in [0.2, 0.25) is 0 Å². The molecule has 1 atom stereocenters. The van der Waals surface area contributed by atoms with Crippen LogP contribution in [0.4, 0.5) is 5.13 Å². The van der Waals surface area contributed by atoms with Crippen LogP contribution in [0.25, 0.3) is 0 Å². The topological polar surface area (TPSA) is 53.4 Å². The Morgan fingerprint density at radius 1 is 1.75 bits per heavy atom. The van der Waals surface area contributed by atoms with Crippen molar-refractivity contribution < 1.29 is 9.90 Å². The number of aliphatic hydroxyl groups is 1. The summed E-state index contributed by atoms with van der Waals surface area (Å²) >= 11 is 2.99. The van der Waals surface area contributed by atoms with Gasteiger partial charge in [-0.2, -0.15) is 11.8 Å². The summed E-state index contributed by atoms with van der Waals surface area (Å²) in [6.07, 6.45) is 1.69. The van der Waals surface area contributed by atoms with Crippen molar-refractivity contribution in [2.45, 2.75) is 6.92 Å². The molecule has 1 heterocycles. The van der Waals surface area contributed by atoms with E-state index in [-0.39, 0.29) is 18.4 Å². The van der Waals surface area contributed by atoms with Crippen LogP contribution in [0, 0.1) is 5.92 Å². The minimum Gasteiger partial charge on any atom is -0.396 e. The first-order chi connectivity index (χ1) is 7.65. The Hall–Kier alpha value is -0.590. The molecule has 6 heteroatoms. The summed E-state index contributed by atoms with van der Waals surface area (Å²) in [7, 11) is 1.73.